The summed E-state index contributed by atoms with van der Waals surface area (Å²) in [4.78, 5) is 4.39. The number of hydrogen-bond donors (Lipinski definition) is 1. The van der Waals surface area contributed by atoms with E-state index in [1.165, 1.54) is 0 Å². The summed E-state index contributed by atoms with van der Waals surface area (Å²) in [6.45, 7) is 7.19. The summed E-state index contributed by atoms with van der Waals surface area (Å²) in [7, 11) is 0. The molecule has 1 atom stereocenters. The Kier molecular flexibility index (Phi) is 4.64. The number of rotatable bonds is 6. The minimum Gasteiger partial charge on any atom is -0.368 e. The van der Waals surface area contributed by atoms with Crippen LogP contribution in [0.4, 0.5) is 5.82 Å². The first kappa shape index (κ1) is 14.1. The minimum absolute atomic E-state index is 0.230. The summed E-state index contributed by atoms with van der Waals surface area (Å²) in [6.07, 6.45) is 5.70. The third-order valence-electron chi connectivity index (χ3n) is 3.07. The van der Waals surface area contributed by atoms with Crippen molar-refractivity contribution in [3.05, 3.63) is 24.2 Å². The molecule has 0 aromatic carbocycles. The Morgan fingerprint density at radius 1 is 1.37 bits per heavy atom. The van der Waals surface area contributed by atoms with E-state index in [1.807, 2.05) is 17.6 Å². The molecule has 0 saturated carbocycles. The molecule has 0 amide bonds. The maximum atomic E-state index is 5.94. The van der Waals surface area contributed by atoms with E-state index < -0.39 is 0 Å². The van der Waals surface area contributed by atoms with Crippen LogP contribution >= 0.6 is 11.6 Å². The fourth-order valence-corrected chi connectivity index (χ4v) is 2.10. The van der Waals surface area contributed by atoms with Gasteiger partial charge in [0.2, 0.25) is 0 Å². The molecule has 0 saturated heterocycles. The Labute approximate surface area is 119 Å². The number of alkyl halides is 1. The van der Waals surface area contributed by atoms with E-state index in [4.69, 9.17) is 11.6 Å². The molecule has 5 heteroatoms. The van der Waals surface area contributed by atoms with Crippen LogP contribution < -0.4 is 5.32 Å². The molecule has 2 aromatic rings. The molecule has 0 aliphatic carbocycles. The molecule has 2 heterocycles. The van der Waals surface area contributed by atoms with E-state index in [0.717, 1.165) is 36.4 Å². The molecule has 0 radical (unpaired) electrons. The molecule has 4 nitrogen and oxygen atoms in total. The molecule has 0 bridgehead atoms. The first-order valence-electron chi connectivity index (χ1n) is 6.80. The average molecular weight is 281 g/mol. The lowest BCUT2D eigenvalue weighted by molar-refractivity contribution is 0.748. The Hall–Kier alpha value is -1.29. The van der Waals surface area contributed by atoms with Gasteiger partial charge in [-0.05, 0) is 31.7 Å². The quantitative estimate of drug-likeness (QED) is 0.648. The van der Waals surface area contributed by atoms with E-state index in [-0.39, 0.29) is 5.38 Å². The first-order chi connectivity index (χ1) is 9.08. The molecule has 0 spiro atoms. The predicted octanol–water partition coefficient (Wildman–Crippen LogP) is 3.67. The van der Waals surface area contributed by atoms with E-state index in [0.29, 0.717) is 5.92 Å². The van der Waals surface area contributed by atoms with Crippen LogP contribution in [0.3, 0.4) is 0 Å². The van der Waals surface area contributed by atoms with Crippen LogP contribution in [0.15, 0.2) is 18.5 Å². The second-order valence-electron chi connectivity index (χ2n) is 5.18. The second kappa shape index (κ2) is 6.24. The lowest BCUT2D eigenvalue weighted by Crippen LogP contribution is -2.06. The van der Waals surface area contributed by atoms with Gasteiger partial charge in [-0.15, -0.1) is 11.6 Å². The van der Waals surface area contributed by atoms with Crippen molar-refractivity contribution in [1.82, 2.24) is 14.6 Å². The fourth-order valence-electron chi connectivity index (χ4n) is 1.95. The zero-order valence-corrected chi connectivity index (χ0v) is 12.5. The van der Waals surface area contributed by atoms with Gasteiger partial charge in [0.25, 0.3) is 0 Å². The standard InChI is InChI=1S/C14H21ClN4/c1-10(2)12-9-13-14(16-6-4-5-11(3)15)17-7-8-19(13)18-12/h7-11H,4-6H2,1-3H3,(H,16,17). The van der Waals surface area contributed by atoms with Gasteiger partial charge >= 0.3 is 0 Å². The predicted molar refractivity (Wildman–Crippen MR) is 80.1 cm³/mol. The SMILES string of the molecule is CC(Cl)CCCNc1nccn2nc(C(C)C)cc12. The summed E-state index contributed by atoms with van der Waals surface area (Å²) in [5, 5.41) is 8.14. The molecule has 1 N–H and O–H groups in total. The van der Waals surface area contributed by atoms with Crippen molar-refractivity contribution in [3.8, 4) is 0 Å². The van der Waals surface area contributed by atoms with Crippen LogP contribution in [0.25, 0.3) is 5.52 Å². The van der Waals surface area contributed by atoms with Crippen LogP contribution in [-0.4, -0.2) is 26.5 Å². The van der Waals surface area contributed by atoms with Crippen molar-refractivity contribution in [2.45, 2.75) is 44.9 Å². The van der Waals surface area contributed by atoms with E-state index >= 15 is 0 Å². The third-order valence-corrected chi connectivity index (χ3v) is 3.29. The number of nitrogens with zero attached hydrogens (tertiary/aromatic N) is 3. The Morgan fingerprint density at radius 3 is 2.84 bits per heavy atom. The minimum atomic E-state index is 0.230. The van der Waals surface area contributed by atoms with Gasteiger partial charge in [-0.3, -0.25) is 0 Å². The van der Waals surface area contributed by atoms with Gasteiger partial charge < -0.3 is 5.32 Å². The lowest BCUT2D eigenvalue weighted by Gasteiger charge is -2.07. The van der Waals surface area contributed by atoms with Crippen molar-refractivity contribution in [1.29, 1.82) is 0 Å². The monoisotopic (exact) mass is 280 g/mol. The molecule has 2 aromatic heterocycles. The molecule has 19 heavy (non-hydrogen) atoms. The topological polar surface area (TPSA) is 42.2 Å². The number of halogens is 1. The van der Waals surface area contributed by atoms with Gasteiger partial charge in [0.1, 0.15) is 5.52 Å². The van der Waals surface area contributed by atoms with Crippen molar-refractivity contribution in [2.24, 2.45) is 0 Å². The Balaban J connectivity index is 2.10. The summed E-state index contributed by atoms with van der Waals surface area (Å²) in [6, 6.07) is 2.10. The van der Waals surface area contributed by atoms with Crippen molar-refractivity contribution in [2.75, 3.05) is 11.9 Å². The molecule has 0 aliphatic heterocycles. The molecule has 0 fully saturated rings. The highest BCUT2D eigenvalue weighted by Gasteiger charge is 2.09. The van der Waals surface area contributed by atoms with Gasteiger partial charge in [0.05, 0.1) is 5.69 Å². The Bertz CT molecular complexity index is 533. The normalized spacial score (nSPS) is 13.1. The number of nitrogens with one attached hydrogen (secondary N) is 1. The van der Waals surface area contributed by atoms with Gasteiger partial charge in [-0.2, -0.15) is 5.10 Å². The highest BCUT2D eigenvalue weighted by Crippen LogP contribution is 2.19. The van der Waals surface area contributed by atoms with E-state index in [9.17, 15) is 0 Å². The van der Waals surface area contributed by atoms with Crippen LogP contribution in [0, 0.1) is 0 Å². The van der Waals surface area contributed by atoms with Crippen LogP contribution in [0.5, 0.6) is 0 Å². The summed E-state index contributed by atoms with van der Waals surface area (Å²) in [5.74, 6) is 1.31. The maximum Gasteiger partial charge on any atom is 0.152 e. The first-order valence-corrected chi connectivity index (χ1v) is 7.24. The van der Waals surface area contributed by atoms with Gasteiger partial charge in [-0.1, -0.05) is 13.8 Å². The average Bonchev–Trinajstić information content (AvgIpc) is 2.79. The molecular formula is C14H21ClN4. The van der Waals surface area contributed by atoms with Crippen molar-refractivity contribution in [3.63, 3.8) is 0 Å². The second-order valence-corrected chi connectivity index (χ2v) is 5.92. The number of fused-ring (bicyclic) bond motifs is 1. The van der Waals surface area contributed by atoms with E-state index in [1.54, 1.807) is 6.20 Å². The smallest absolute Gasteiger partial charge is 0.152 e. The van der Waals surface area contributed by atoms with Gasteiger partial charge in [-0.25, -0.2) is 9.50 Å². The van der Waals surface area contributed by atoms with Crippen LogP contribution in [0.1, 0.15) is 45.2 Å². The molecule has 2 rings (SSSR count). The highest BCUT2D eigenvalue weighted by molar-refractivity contribution is 6.20. The Morgan fingerprint density at radius 2 is 2.16 bits per heavy atom. The lowest BCUT2D eigenvalue weighted by atomic mass is 10.1. The van der Waals surface area contributed by atoms with Crippen LogP contribution in [-0.2, 0) is 0 Å². The van der Waals surface area contributed by atoms with Gasteiger partial charge in [0, 0.05) is 24.3 Å². The largest absolute Gasteiger partial charge is 0.368 e. The molecule has 1 unspecified atom stereocenters. The highest BCUT2D eigenvalue weighted by atomic mass is 35.5. The summed E-state index contributed by atoms with van der Waals surface area (Å²) in [5.41, 5.74) is 2.12. The molecule has 0 aliphatic rings. The zero-order valence-electron chi connectivity index (χ0n) is 11.7. The van der Waals surface area contributed by atoms with Crippen molar-refractivity contribution >= 4 is 22.9 Å². The molecule has 104 valence electrons. The number of aromatic nitrogens is 3. The third kappa shape index (κ3) is 3.60. The molecular weight excluding hydrogens is 260 g/mol. The summed E-state index contributed by atoms with van der Waals surface area (Å²) < 4.78 is 1.88. The summed E-state index contributed by atoms with van der Waals surface area (Å²) >= 11 is 5.94. The maximum absolute atomic E-state index is 5.94. The van der Waals surface area contributed by atoms with Gasteiger partial charge in [0.15, 0.2) is 5.82 Å². The fraction of sp³-hybridized carbons (Fsp3) is 0.571. The zero-order chi connectivity index (χ0) is 13.8. The van der Waals surface area contributed by atoms with Crippen LogP contribution in [0.2, 0.25) is 0 Å². The number of hydrogen-bond acceptors (Lipinski definition) is 3. The van der Waals surface area contributed by atoms with E-state index in [2.05, 4.69) is 35.3 Å². The number of anilines is 1. The van der Waals surface area contributed by atoms with Crippen molar-refractivity contribution < 1.29 is 0 Å².